The molecule has 1 aromatic rings. The van der Waals surface area contributed by atoms with Crippen LogP contribution in [-0.2, 0) is 6.67 Å². The molecule has 1 aliphatic rings. The fraction of sp³-hybridized carbons (Fsp3) is 0.200. The molecule has 5 nitrogen and oxygen atoms in total. The molecule has 0 bridgehead atoms. The van der Waals surface area contributed by atoms with Gasteiger partial charge in [0, 0.05) is 18.0 Å². The number of fused-ring (bicyclic) bond motifs is 1. The summed E-state index contributed by atoms with van der Waals surface area (Å²) in [5, 5.41) is 7.37. The van der Waals surface area contributed by atoms with Gasteiger partial charge in [-0.05, 0) is 6.07 Å². The standard InChI is InChI=1S/C5H6ClN5/c6-11-3-10-4(9-11)1-2-8-5(10)7/h1-2,7,9H,3H2. The smallest absolute Gasteiger partial charge is 0.224 e. The van der Waals surface area contributed by atoms with Gasteiger partial charge in [0.15, 0.2) is 0 Å². The van der Waals surface area contributed by atoms with Crippen molar-refractivity contribution in [3.63, 3.8) is 0 Å². The van der Waals surface area contributed by atoms with Crippen molar-refractivity contribution in [1.82, 2.24) is 14.1 Å². The van der Waals surface area contributed by atoms with Crippen LogP contribution in [-0.4, -0.2) is 14.1 Å². The third-order valence-corrected chi connectivity index (χ3v) is 1.67. The van der Waals surface area contributed by atoms with Gasteiger partial charge in [0.25, 0.3) is 0 Å². The van der Waals surface area contributed by atoms with E-state index in [9.17, 15) is 0 Å². The zero-order chi connectivity index (χ0) is 7.84. The van der Waals surface area contributed by atoms with E-state index in [1.165, 1.54) is 4.53 Å². The lowest BCUT2D eigenvalue weighted by Gasteiger charge is -1.99. The summed E-state index contributed by atoms with van der Waals surface area (Å²) < 4.78 is 3.03. The second kappa shape index (κ2) is 2.21. The van der Waals surface area contributed by atoms with E-state index in [1.54, 1.807) is 16.8 Å². The topological polar surface area (TPSA) is 56.9 Å². The molecule has 2 N–H and O–H groups in total. The highest BCUT2D eigenvalue weighted by molar-refractivity contribution is 6.13. The van der Waals surface area contributed by atoms with Gasteiger partial charge in [0.05, 0.1) is 0 Å². The third kappa shape index (κ3) is 0.979. The van der Waals surface area contributed by atoms with Crippen LogP contribution in [0.2, 0.25) is 0 Å². The first kappa shape index (κ1) is 6.63. The van der Waals surface area contributed by atoms with E-state index in [4.69, 9.17) is 17.2 Å². The molecule has 0 saturated carbocycles. The summed E-state index contributed by atoms with van der Waals surface area (Å²) >= 11 is 5.64. The van der Waals surface area contributed by atoms with Gasteiger partial charge in [-0.25, -0.2) is 4.98 Å². The van der Waals surface area contributed by atoms with E-state index < -0.39 is 0 Å². The predicted octanol–water partition coefficient (Wildman–Crippen LogP) is 0.116. The molecule has 0 atom stereocenters. The maximum Gasteiger partial charge on any atom is 0.224 e. The molecule has 0 unspecified atom stereocenters. The van der Waals surface area contributed by atoms with Crippen LogP contribution in [0.4, 0.5) is 5.82 Å². The Kier molecular flexibility index (Phi) is 1.33. The Hall–Kier alpha value is -1.07. The number of halogens is 1. The number of hydrogen-bond donors (Lipinski definition) is 2. The number of hydrogen-bond acceptors (Lipinski definition) is 4. The number of nitrogens with zero attached hydrogens (tertiary/aromatic N) is 3. The number of anilines is 1. The molecule has 2 heterocycles. The van der Waals surface area contributed by atoms with Crippen molar-refractivity contribution in [3.8, 4) is 0 Å². The Morgan fingerprint density at radius 1 is 1.73 bits per heavy atom. The first-order valence-corrected chi connectivity index (χ1v) is 3.41. The molecule has 1 aliphatic heterocycles. The Morgan fingerprint density at radius 3 is 3.27 bits per heavy atom. The summed E-state index contributed by atoms with van der Waals surface area (Å²) in [6.45, 7) is 0.448. The van der Waals surface area contributed by atoms with Crippen molar-refractivity contribution < 1.29 is 0 Å². The van der Waals surface area contributed by atoms with Crippen molar-refractivity contribution >= 4 is 17.6 Å². The second-order valence-electron chi connectivity index (χ2n) is 2.20. The molecule has 6 heteroatoms. The van der Waals surface area contributed by atoms with Crippen molar-refractivity contribution in [1.29, 1.82) is 5.41 Å². The molecule has 58 valence electrons. The minimum atomic E-state index is 0.207. The quantitative estimate of drug-likeness (QED) is 0.545. The highest BCUT2D eigenvalue weighted by atomic mass is 35.5. The van der Waals surface area contributed by atoms with Crippen LogP contribution < -0.4 is 11.0 Å². The van der Waals surface area contributed by atoms with Crippen LogP contribution in [0.5, 0.6) is 0 Å². The Bertz CT molecular complexity index is 332. The molecular formula is C5H6ClN5. The zero-order valence-corrected chi connectivity index (χ0v) is 6.34. The summed E-state index contributed by atoms with van der Waals surface area (Å²) in [5.74, 6) is 0.792. The van der Waals surface area contributed by atoms with Crippen molar-refractivity contribution in [2.45, 2.75) is 6.67 Å². The average Bonchev–Trinajstić information content (AvgIpc) is 2.31. The van der Waals surface area contributed by atoms with E-state index in [-0.39, 0.29) is 5.62 Å². The Labute approximate surface area is 67.8 Å². The van der Waals surface area contributed by atoms with Gasteiger partial charge in [0.1, 0.15) is 12.5 Å². The van der Waals surface area contributed by atoms with Gasteiger partial charge in [-0.15, -0.1) is 4.53 Å². The number of aromatic nitrogens is 2. The normalized spacial score (nSPS) is 16.1. The summed E-state index contributed by atoms with van der Waals surface area (Å²) in [5.41, 5.74) is 3.05. The summed E-state index contributed by atoms with van der Waals surface area (Å²) in [4.78, 5) is 3.79. The minimum Gasteiger partial charge on any atom is -0.289 e. The lowest BCUT2D eigenvalue weighted by Crippen LogP contribution is -2.21. The number of hydrazine groups is 1. The molecule has 0 aromatic carbocycles. The lowest BCUT2D eigenvalue weighted by atomic mass is 10.6. The van der Waals surface area contributed by atoms with E-state index >= 15 is 0 Å². The van der Waals surface area contributed by atoms with E-state index in [1.807, 2.05) is 0 Å². The largest absolute Gasteiger partial charge is 0.289 e. The molecule has 0 saturated heterocycles. The first-order valence-electron chi connectivity index (χ1n) is 3.08. The molecule has 0 spiro atoms. The highest BCUT2D eigenvalue weighted by Crippen LogP contribution is 2.14. The fourth-order valence-electron chi connectivity index (χ4n) is 0.977. The van der Waals surface area contributed by atoms with Crippen molar-refractivity contribution in [3.05, 3.63) is 17.9 Å². The van der Waals surface area contributed by atoms with Crippen LogP contribution in [0.1, 0.15) is 0 Å². The summed E-state index contributed by atoms with van der Waals surface area (Å²) in [6.07, 6.45) is 1.57. The second-order valence-corrected chi connectivity index (χ2v) is 2.61. The van der Waals surface area contributed by atoms with E-state index in [0.29, 0.717) is 6.67 Å². The molecule has 0 amide bonds. The Morgan fingerprint density at radius 2 is 2.55 bits per heavy atom. The van der Waals surface area contributed by atoms with Crippen LogP contribution in [0.3, 0.4) is 0 Å². The van der Waals surface area contributed by atoms with E-state index in [0.717, 1.165) is 5.82 Å². The Balaban J connectivity index is 2.58. The molecule has 2 rings (SSSR count). The van der Waals surface area contributed by atoms with Gasteiger partial charge in [-0.3, -0.25) is 15.4 Å². The number of rotatable bonds is 0. The van der Waals surface area contributed by atoms with Crippen molar-refractivity contribution in [2.75, 3.05) is 5.43 Å². The SMILES string of the molecule is N=c1nccc2n1CN(Cl)N2. The third-order valence-electron chi connectivity index (χ3n) is 1.48. The van der Waals surface area contributed by atoms with Crippen LogP contribution in [0.25, 0.3) is 0 Å². The predicted molar refractivity (Wildman–Crippen MR) is 39.4 cm³/mol. The van der Waals surface area contributed by atoms with Gasteiger partial charge in [-0.1, -0.05) is 0 Å². The highest BCUT2D eigenvalue weighted by Gasteiger charge is 2.14. The van der Waals surface area contributed by atoms with Gasteiger partial charge >= 0.3 is 0 Å². The molecule has 0 aliphatic carbocycles. The molecule has 11 heavy (non-hydrogen) atoms. The van der Waals surface area contributed by atoms with Crippen molar-refractivity contribution in [2.24, 2.45) is 0 Å². The molecule has 0 fully saturated rings. The maximum absolute atomic E-state index is 7.37. The fourth-order valence-corrected chi connectivity index (χ4v) is 1.17. The van der Waals surface area contributed by atoms with Crippen LogP contribution >= 0.6 is 11.8 Å². The van der Waals surface area contributed by atoms with Gasteiger partial charge in [-0.2, -0.15) is 0 Å². The molecule has 0 radical (unpaired) electrons. The van der Waals surface area contributed by atoms with E-state index in [2.05, 4.69) is 10.4 Å². The zero-order valence-electron chi connectivity index (χ0n) is 5.58. The van der Waals surface area contributed by atoms with Gasteiger partial charge < -0.3 is 0 Å². The molecule has 1 aromatic heterocycles. The van der Waals surface area contributed by atoms with Gasteiger partial charge in [0.2, 0.25) is 5.62 Å². The average molecular weight is 172 g/mol. The monoisotopic (exact) mass is 171 g/mol. The first-order chi connectivity index (χ1) is 5.27. The number of nitrogens with one attached hydrogen (secondary N) is 2. The molecular weight excluding hydrogens is 166 g/mol. The van der Waals surface area contributed by atoms with Crippen LogP contribution in [0, 0.1) is 5.41 Å². The lowest BCUT2D eigenvalue weighted by molar-refractivity contribution is 0.474. The minimum absolute atomic E-state index is 0.207. The summed E-state index contributed by atoms with van der Waals surface area (Å²) in [6, 6.07) is 1.76. The summed E-state index contributed by atoms with van der Waals surface area (Å²) in [7, 11) is 0. The maximum atomic E-state index is 7.37. The van der Waals surface area contributed by atoms with Crippen LogP contribution in [0.15, 0.2) is 12.3 Å².